The third kappa shape index (κ3) is 5.72. The molecule has 0 fully saturated rings. The molecule has 4 rings (SSSR count). The number of nitriles is 1. The first-order valence-corrected chi connectivity index (χ1v) is 11.5. The lowest BCUT2D eigenvalue weighted by Crippen LogP contribution is -2.10. The van der Waals surface area contributed by atoms with Gasteiger partial charge < -0.3 is 5.32 Å². The van der Waals surface area contributed by atoms with Gasteiger partial charge in [0.05, 0.1) is 11.6 Å². The molecule has 172 valence electrons. The number of aromatic nitrogens is 1. The molecule has 1 N–H and O–H groups in total. The molecule has 0 aliphatic rings. The van der Waals surface area contributed by atoms with Crippen LogP contribution in [0, 0.1) is 11.3 Å². The lowest BCUT2D eigenvalue weighted by molar-refractivity contribution is -0.111. The van der Waals surface area contributed by atoms with Crippen molar-refractivity contribution in [2.75, 3.05) is 5.32 Å². The van der Waals surface area contributed by atoms with E-state index in [-0.39, 0.29) is 11.3 Å². The Hall–Kier alpha value is -4.49. The first-order valence-electron chi connectivity index (χ1n) is 11.5. The highest BCUT2D eigenvalue weighted by Crippen LogP contribution is 2.28. The number of rotatable bonds is 5. The van der Waals surface area contributed by atoms with Crippen LogP contribution in [0.25, 0.3) is 16.3 Å². The van der Waals surface area contributed by atoms with Gasteiger partial charge >= 0.3 is 0 Å². The maximum Gasteiger partial charge on any atom is 0.248 e. The average molecular weight is 458 g/mol. The van der Waals surface area contributed by atoms with Crippen LogP contribution < -0.4 is 5.32 Å². The summed E-state index contributed by atoms with van der Waals surface area (Å²) in [5.74, 6) is -0.223. The van der Waals surface area contributed by atoms with Crippen molar-refractivity contribution in [3.05, 3.63) is 126 Å². The Morgan fingerprint density at radius 1 is 0.971 bits per heavy atom. The highest BCUT2D eigenvalue weighted by molar-refractivity contribution is 6.06. The molecule has 0 saturated heterocycles. The van der Waals surface area contributed by atoms with Crippen LogP contribution in [0.4, 0.5) is 5.69 Å². The molecule has 1 heterocycles. The predicted octanol–water partition coefficient (Wildman–Crippen LogP) is 7.03. The Bertz CT molecular complexity index is 1460. The van der Waals surface area contributed by atoms with Crippen LogP contribution >= 0.6 is 0 Å². The minimum atomic E-state index is -0.223. The van der Waals surface area contributed by atoms with Gasteiger partial charge in [0.1, 0.15) is 0 Å². The van der Waals surface area contributed by atoms with Crippen molar-refractivity contribution < 1.29 is 4.79 Å². The number of anilines is 1. The summed E-state index contributed by atoms with van der Waals surface area (Å²) in [5.41, 5.74) is 5.49. The minimum Gasteiger partial charge on any atom is -0.322 e. The standard InChI is InChI=1S/C31H27N3O/c1-31(2,3)26-15-13-23(14-16-26)27(24-8-4-7-22(19-24)20-32)10-6-12-30(35)34-29-11-5-9-25-21-33-18-17-28(25)29/h4-19,21H,1-3H3,(H,34,35)/b12-6+,27-10-. The maximum atomic E-state index is 12.7. The molecular formula is C31H27N3O. The zero-order chi connectivity index (χ0) is 24.8. The molecule has 0 spiro atoms. The van der Waals surface area contributed by atoms with Gasteiger partial charge in [-0.25, -0.2) is 0 Å². The molecule has 4 heteroatoms. The van der Waals surface area contributed by atoms with Gasteiger partial charge in [-0.1, -0.05) is 81.5 Å². The van der Waals surface area contributed by atoms with Crippen LogP contribution in [0.1, 0.15) is 43.0 Å². The Balaban J connectivity index is 1.64. The van der Waals surface area contributed by atoms with E-state index in [1.807, 2.05) is 48.5 Å². The first kappa shape index (κ1) is 23.7. The summed E-state index contributed by atoms with van der Waals surface area (Å²) in [6.07, 6.45) is 8.65. The topological polar surface area (TPSA) is 65.8 Å². The molecular weight excluding hydrogens is 430 g/mol. The van der Waals surface area contributed by atoms with Crippen molar-refractivity contribution in [3.8, 4) is 6.07 Å². The summed E-state index contributed by atoms with van der Waals surface area (Å²) in [6, 6.07) is 25.7. The fourth-order valence-corrected chi connectivity index (χ4v) is 3.90. The number of carbonyl (C=O) groups excluding carboxylic acids is 1. The molecule has 0 saturated carbocycles. The number of benzene rings is 3. The number of fused-ring (bicyclic) bond motifs is 1. The Kier molecular flexibility index (Phi) is 6.89. The average Bonchev–Trinajstić information content (AvgIpc) is 2.86. The van der Waals surface area contributed by atoms with Gasteiger partial charge in [0.25, 0.3) is 0 Å². The molecule has 0 aliphatic carbocycles. The van der Waals surface area contributed by atoms with Crippen LogP contribution in [0.5, 0.6) is 0 Å². The molecule has 4 aromatic rings. The normalized spacial score (nSPS) is 12.0. The fourth-order valence-electron chi connectivity index (χ4n) is 3.90. The quantitative estimate of drug-likeness (QED) is 0.258. The highest BCUT2D eigenvalue weighted by Gasteiger charge is 2.14. The van der Waals surface area contributed by atoms with Gasteiger partial charge in [0.2, 0.25) is 5.91 Å². The monoisotopic (exact) mass is 457 g/mol. The maximum absolute atomic E-state index is 12.7. The summed E-state index contributed by atoms with van der Waals surface area (Å²) in [5, 5.41) is 14.2. The third-order valence-electron chi connectivity index (χ3n) is 5.81. The van der Waals surface area contributed by atoms with Crippen molar-refractivity contribution in [3.63, 3.8) is 0 Å². The molecule has 1 aromatic heterocycles. The molecule has 1 amide bonds. The number of hydrogen-bond donors (Lipinski definition) is 1. The summed E-state index contributed by atoms with van der Waals surface area (Å²) >= 11 is 0. The largest absolute Gasteiger partial charge is 0.322 e. The second-order valence-corrected chi connectivity index (χ2v) is 9.35. The van der Waals surface area contributed by atoms with E-state index in [0.717, 1.165) is 33.2 Å². The van der Waals surface area contributed by atoms with E-state index in [2.05, 4.69) is 61.4 Å². The number of nitrogens with zero attached hydrogens (tertiary/aromatic N) is 2. The van der Waals surface area contributed by atoms with Crippen molar-refractivity contribution in [1.29, 1.82) is 5.26 Å². The lowest BCUT2D eigenvalue weighted by atomic mass is 9.85. The van der Waals surface area contributed by atoms with E-state index in [4.69, 9.17) is 0 Å². The summed E-state index contributed by atoms with van der Waals surface area (Å²) < 4.78 is 0. The Morgan fingerprint density at radius 3 is 2.49 bits per heavy atom. The summed E-state index contributed by atoms with van der Waals surface area (Å²) in [4.78, 5) is 16.8. The van der Waals surface area contributed by atoms with E-state index >= 15 is 0 Å². The van der Waals surface area contributed by atoms with Crippen molar-refractivity contribution in [1.82, 2.24) is 4.98 Å². The zero-order valence-electron chi connectivity index (χ0n) is 20.1. The Labute approximate surface area is 206 Å². The fraction of sp³-hybridized carbons (Fsp3) is 0.129. The lowest BCUT2D eigenvalue weighted by Gasteiger charge is -2.19. The number of amides is 1. The van der Waals surface area contributed by atoms with Gasteiger partial charge in [-0.3, -0.25) is 9.78 Å². The SMILES string of the molecule is CC(C)(C)c1ccc(/C(=C/C=C/C(=O)Nc2cccc3cnccc23)c2cccc(C#N)c2)cc1. The molecule has 35 heavy (non-hydrogen) atoms. The minimum absolute atomic E-state index is 0.0544. The number of allylic oxidation sites excluding steroid dienone is 2. The molecule has 0 aliphatic heterocycles. The van der Waals surface area contributed by atoms with E-state index in [1.54, 1.807) is 24.5 Å². The molecule has 0 unspecified atom stereocenters. The van der Waals surface area contributed by atoms with Crippen molar-refractivity contribution in [2.45, 2.75) is 26.2 Å². The van der Waals surface area contributed by atoms with Gasteiger partial charge in [-0.05, 0) is 51.9 Å². The predicted molar refractivity (Wildman–Crippen MR) is 143 cm³/mol. The highest BCUT2D eigenvalue weighted by atomic mass is 16.1. The van der Waals surface area contributed by atoms with Gasteiger partial charge in [0, 0.05) is 34.9 Å². The third-order valence-corrected chi connectivity index (χ3v) is 5.81. The molecule has 0 atom stereocenters. The number of hydrogen-bond acceptors (Lipinski definition) is 3. The summed E-state index contributed by atoms with van der Waals surface area (Å²) in [6.45, 7) is 6.55. The van der Waals surface area contributed by atoms with E-state index in [1.165, 1.54) is 11.6 Å². The number of nitrogens with one attached hydrogen (secondary N) is 1. The Morgan fingerprint density at radius 2 is 1.74 bits per heavy atom. The zero-order valence-corrected chi connectivity index (χ0v) is 20.1. The molecule has 4 nitrogen and oxygen atoms in total. The van der Waals surface area contributed by atoms with Crippen LogP contribution in [0.15, 0.2) is 103 Å². The van der Waals surface area contributed by atoms with Crippen LogP contribution in [-0.4, -0.2) is 10.9 Å². The second-order valence-electron chi connectivity index (χ2n) is 9.35. The molecule has 0 radical (unpaired) electrons. The van der Waals surface area contributed by atoms with Crippen LogP contribution in [-0.2, 0) is 10.2 Å². The van der Waals surface area contributed by atoms with Crippen molar-refractivity contribution in [2.24, 2.45) is 0 Å². The first-order chi connectivity index (χ1) is 16.8. The number of pyridine rings is 1. The van der Waals surface area contributed by atoms with E-state index in [9.17, 15) is 10.1 Å². The van der Waals surface area contributed by atoms with Crippen LogP contribution in [0.2, 0.25) is 0 Å². The second kappa shape index (κ2) is 10.2. The molecule has 0 bridgehead atoms. The van der Waals surface area contributed by atoms with Gasteiger partial charge in [0.15, 0.2) is 0 Å². The smallest absolute Gasteiger partial charge is 0.248 e. The van der Waals surface area contributed by atoms with Gasteiger partial charge in [-0.2, -0.15) is 5.26 Å². The van der Waals surface area contributed by atoms with Gasteiger partial charge in [-0.15, -0.1) is 0 Å². The van der Waals surface area contributed by atoms with E-state index in [0.29, 0.717) is 5.56 Å². The van der Waals surface area contributed by atoms with Crippen molar-refractivity contribution >= 4 is 27.9 Å². The van der Waals surface area contributed by atoms with Crippen LogP contribution in [0.3, 0.4) is 0 Å². The summed E-state index contributed by atoms with van der Waals surface area (Å²) in [7, 11) is 0. The number of carbonyl (C=O) groups is 1. The molecule has 3 aromatic carbocycles. The van der Waals surface area contributed by atoms with E-state index < -0.39 is 0 Å².